The maximum absolute atomic E-state index is 2.45. The van der Waals surface area contributed by atoms with Crippen molar-refractivity contribution in [3.63, 3.8) is 0 Å². The molecule has 0 amide bonds. The highest BCUT2D eigenvalue weighted by atomic mass is 15.0. The van der Waals surface area contributed by atoms with Gasteiger partial charge < -0.3 is 4.57 Å². The maximum Gasteiger partial charge on any atom is 0.0612 e. The summed E-state index contributed by atoms with van der Waals surface area (Å²) in [4.78, 5) is 0. The molecule has 1 heterocycles. The van der Waals surface area contributed by atoms with Crippen LogP contribution < -0.4 is 0 Å². The Labute approximate surface area is 204 Å². The minimum Gasteiger partial charge on any atom is -0.313 e. The lowest BCUT2D eigenvalue weighted by molar-refractivity contribution is 1.05. The highest BCUT2D eigenvalue weighted by molar-refractivity contribution is 6.13. The van der Waals surface area contributed by atoms with Crippen molar-refractivity contribution >= 4 is 43.2 Å². The van der Waals surface area contributed by atoms with Crippen LogP contribution in [0.5, 0.6) is 0 Å². The third-order valence-corrected chi connectivity index (χ3v) is 7.59. The second-order valence-corrected chi connectivity index (χ2v) is 9.50. The van der Waals surface area contributed by atoms with Crippen molar-refractivity contribution in [2.45, 2.75) is 13.8 Å². The normalized spacial score (nSPS) is 11.7. The first-order valence-electron chi connectivity index (χ1n) is 12.2. The van der Waals surface area contributed by atoms with Crippen LogP contribution in [0.1, 0.15) is 11.3 Å². The van der Waals surface area contributed by atoms with E-state index in [-0.39, 0.29) is 0 Å². The van der Waals surface area contributed by atoms with E-state index in [2.05, 4.69) is 134 Å². The molecule has 0 radical (unpaired) electrons. The van der Waals surface area contributed by atoms with Gasteiger partial charge >= 0.3 is 0 Å². The van der Waals surface area contributed by atoms with E-state index in [1.165, 1.54) is 71.3 Å². The standard InChI is InChI=1S/C34H25N/c1-22-23(2)35(29-17-16-25-9-4-6-11-27(25)21-29)34-30(22)18-19-32-31(12-7-13-33(32)34)28-15-14-24-8-3-5-10-26(24)20-28/h3-21H,1-2H3. The molecule has 0 unspecified atom stereocenters. The molecule has 0 bridgehead atoms. The summed E-state index contributed by atoms with van der Waals surface area (Å²) >= 11 is 0. The number of rotatable bonds is 2. The van der Waals surface area contributed by atoms with Crippen LogP contribution in [0.4, 0.5) is 0 Å². The summed E-state index contributed by atoms with van der Waals surface area (Å²) in [6.45, 7) is 4.48. The summed E-state index contributed by atoms with van der Waals surface area (Å²) < 4.78 is 2.45. The van der Waals surface area contributed by atoms with Gasteiger partial charge in [-0.2, -0.15) is 0 Å². The summed E-state index contributed by atoms with van der Waals surface area (Å²) in [7, 11) is 0. The number of fused-ring (bicyclic) bond motifs is 5. The number of hydrogen-bond acceptors (Lipinski definition) is 0. The molecule has 0 atom stereocenters. The third-order valence-electron chi connectivity index (χ3n) is 7.59. The Balaban J connectivity index is 1.53. The van der Waals surface area contributed by atoms with E-state index >= 15 is 0 Å². The molecule has 0 aliphatic rings. The van der Waals surface area contributed by atoms with Crippen LogP contribution >= 0.6 is 0 Å². The van der Waals surface area contributed by atoms with Crippen molar-refractivity contribution in [3.05, 3.63) is 127 Å². The summed E-state index contributed by atoms with van der Waals surface area (Å²) in [5, 5.41) is 8.97. The minimum atomic E-state index is 1.21. The predicted molar refractivity (Wildman–Crippen MR) is 151 cm³/mol. The first-order chi connectivity index (χ1) is 17.2. The van der Waals surface area contributed by atoms with Crippen molar-refractivity contribution in [3.8, 4) is 16.8 Å². The van der Waals surface area contributed by atoms with Crippen LogP contribution in [0.25, 0.3) is 60.0 Å². The van der Waals surface area contributed by atoms with Crippen LogP contribution in [0.3, 0.4) is 0 Å². The summed E-state index contributed by atoms with van der Waals surface area (Å²) in [5.41, 5.74) is 7.66. The molecule has 0 fully saturated rings. The Hall–Kier alpha value is -4.36. The second kappa shape index (κ2) is 7.58. The fourth-order valence-electron chi connectivity index (χ4n) is 5.66. The Morgan fingerprint density at radius 1 is 0.486 bits per heavy atom. The molecular formula is C34H25N. The van der Waals surface area contributed by atoms with Crippen molar-refractivity contribution in [1.82, 2.24) is 4.57 Å². The van der Waals surface area contributed by atoms with Gasteiger partial charge in [0.25, 0.3) is 0 Å². The molecular weight excluding hydrogens is 422 g/mol. The van der Waals surface area contributed by atoms with Crippen LogP contribution in [-0.4, -0.2) is 4.57 Å². The molecule has 0 saturated carbocycles. The van der Waals surface area contributed by atoms with E-state index in [9.17, 15) is 0 Å². The fraction of sp³-hybridized carbons (Fsp3) is 0.0588. The van der Waals surface area contributed by atoms with E-state index in [4.69, 9.17) is 0 Å². The minimum absolute atomic E-state index is 1.21. The van der Waals surface area contributed by atoms with Gasteiger partial charge in [0.15, 0.2) is 0 Å². The molecule has 166 valence electrons. The monoisotopic (exact) mass is 447 g/mol. The molecule has 1 heteroatoms. The first kappa shape index (κ1) is 20.1. The molecule has 7 aromatic rings. The largest absolute Gasteiger partial charge is 0.313 e. The average molecular weight is 448 g/mol. The number of hydrogen-bond donors (Lipinski definition) is 0. The number of nitrogens with zero attached hydrogens (tertiary/aromatic N) is 1. The lowest BCUT2D eigenvalue weighted by Gasteiger charge is -2.14. The number of aryl methyl sites for hydroxylation is 1. The molecule has 1 aromatic heterocycles. The van der Waals surface area contributed by atoms with Crippen LogP contribution in [-0.2, 0) is 0 Å². The van der Waals surface area contributed by atoms with Crippen LogP contribution in [0, 0.1) is 13.8 Å². The molecule has 0 aliphatic carbocycles. The van der Waals surface area contributed by atoms with Gasteiger partial charge in [-0.3, -0.25) is 0 Å². The Morgan fingerprint density at radius 3 is 1.91 bits per heavy atom. The topological polar surface area (TPSA) is 4.93 Å². The highest BCUT2D eigenvalue weighted by Crippen LogP contribution is 2.38. The average Bonchev–Trinajstić information content (AvgIpc) is 3.17. The Morgan fingerprint density at radius 2 is 1.14 bits per heavy atom. The van der Waals surface area contributed by atoms with Gasteiger partial charge in [-0.1, -0.05) is 97.1 Å². The zero-order valence-electron chi connectivity index (χ0n) is 19.9. The Bertz CT molecular complexity index is 1920. The van der Waals surface area contributed by atoms with Crippen molar-refractivity contribution in [1.29, 1.82) is 0 Å². The van der Waals surface area contributed by atoms with Gasteiger partial charge in [0.1, 0.15) is 0 Å². The molecule has 6 aromatic carbocycles. The predicted octanol–water partition coefficient (Wildman–Crippen LogP) is 9.37. The van der Waals surface area contributed by atoms with Gasteiger partial charge in [0, 0.05) is 22.2 Å². The van der Waals surface area contributed by atoms with Gasteiger partial charge in [0.2, 0.25) is 0 Å². The third kappa shape index (κ3) is 3.02. The Kier molecular flexibility index (Phi) is 4.34. The van der Waals surface area contributed by atoms with Gasteiger partial charge in [-0.25, -0.2) is 0 Å². The van der Waals surface area contributed by atoms with E-state index in [0.717, 1.165) is 0 Å². The smallest absolute Gasteiger partial charge is 0.0612 e. The summed E-state index contributed by atoms with van der Waals surface area (Å²) in [6, 6.07) is 42.1. The molecule has 1 nitrogen and oxygen atoms in total. The molecule has 0 N–H and O–H groups in total. The number of aromatic nitrogens is 1. The zero-order valence-corrected chi connectivity index (χ0v) is 19.9. The molecule has 0 spiro atoms. The number of benzene rings is 6. The fourth-order valence-corrected chi connectivity index (χ4v) is 5.66. The summed E-state index contributed by atoms with van der Waals surface area (Å²) in [5.74, 6) is 0. The molecule has 35 heavy (non-hydrogen) atoms. The summed E-state index contributed by atoms with van der Waals surface area (Å²) in [6.07, 6.45) is 0. The lowest BCUT2D eigenvalue weighted by atomic mass is 9.95. The van der Waals surface area contributed by atoms with Crippen molar-refractivity contribution in [2.75, 3.05) is 0 Å². The van der Waals surface area contributed by atoms with Crippen molar-refractivity contribution < 1.29 is 0 Å². The lowest BCUT2D eigenvalue weighted by Crippen LogP contribution is -1.97. The van der Waals surface area contributed by atoms with Crippen LogP contribution in [0.2, 0.25) is 0 Å². The molecule has 0 saturated heterocycles. The maximum atomic E-state index is 2.45. The van der Waals surface area contributed by atoms with Gasteiger partial charge in [0.05, 0.1) is 5.52 Å². The molecule has 0 aliphatic heterocycles. The second-order valence-electron chi connectivity index (χ2n) is 9.50. The van der Waals surface area contributed by atoms with Crippen LogP contribution in [0.15, 0.2) is 115 Å². The van der Waals surface area contributed by atoms with E-state index in [1.807, 2.05) is 0 Å². The molecule has 7 rings (SSSR count). The van der Waals surface area contributed by atoms with Gasteiger partial charge in [-0.15, -0.1) is 0 Å². The van der Waals surface area contributed by atoms with E-state index in [0.29, 0.717) is 0 Å². The highest BCUT2D eigenvalue weighted by Gasteiger charge is 2.17. The van der Waals surface area contributed by atoms with Gasteiger partial charge in [-0.05, 0) is 75.7 Å². The van der Waals surface area contributed by atoms with Crippen molar-refractivity contribution in [2.24, 2.45) is 0 Å². The zero-order chi connectivity index (χ0) is 23.5. The first-order valence-corrected chi connectivity index (χ1v) is 12.2. The quantitative estimate of drug-likeness (QED) is 0.249. The van der Waals surface area contributed by atoms with E-state index < -0.39 is 0 Å². The SMILES string of the molecule is Cc1c(C)n(-c2ccc3ccccc3c2)c2c1ccc1c(-c3ccc4ccccc4c3)cccc12. The van der Waals surface area contributed by atoms with E-state index in [1.54, 1.807) is 0 Å².